The van der Waals surface area contributed by atoms with Crippen LogP contribution in [0.5, 0.6) is 0 Å². The summed E-state index contributed by atoms with van der Waals surface area (Å²) in [5.74, 6) is -0.211. The van der Waals surface area contributed by atoms with Gasteiger partial charge in [-0.15, -0.1) is 11.3 Å². The molecule has 1 nitrogen and oxygen atoms in total. The van der Waals surface area contributed by atoms with Crippen LogP contribution >= 0.6 is 43.2 Å². The third-order valence-electron chi connectivity index (χ3n) is 2.44. The molecule has 0 amide bonds. The van der Waals surface area contributed by atoms with Crippen LogP contribution in [0.25, 0.3) is 0 Å². The first-order valence-corrected chi connectivity index (χ1v) is 7.39. The number of benzene rings is 1. The number of rotatable bonds is 3. The molecule has 90 valence electrons. The first-order valence-electron chi connectivity index (χ1n) is 4.99. The standard InChI is InChI=1S/C12H10Br2FNS/c1-16-11(7-2-4-8(15)5-3-7)10-6-9(13)12(14)17-10/h2-6,11,16H,1H3. The minimum absolute atomic E-state index is 0.0863. The fraction of sp³-hybridized carbons (Fsp3) is 0.167. The van der Waals surface area contributed by atoms with Crippen molar-refractivity contribution in [3.05, 3.63) is 54.8 Å². The van der Waals surface area contributed by atoms with Gasteiger partial charge in [0.05, 0.1) is 9.83 Å². The first-order chi connectivity index (χ1) is 8.11. The second-order valence-corrected chi connectivity index (χ2v) is 6.80. The molecule has 0 bridgehead atoms. The van der Waals surface area contributed by atoms with Gasteiger partial charge in [-0.2, -0.15) is 0 Å². The molecule has 0 radical (unpaired) electrons. The Morgan fingerprint density at radius 2 is 1.88 bits per heavy atom. The van der Waals surface area contributed by atoms with Crippen molar-refractivity contribution in [2.75, 3.05) is 7.05 Å². The van der Waals surface area contributed by atoms with Crippen LogP contribution in [0, 0.1) is 5.82 Å². The first kappa shape index (κ1) is 13.2. The van der Waals surface area contributed by atoms with Gasteiger partial charge < -0.3 is 5.32 Å². The van der Waals surface area contributed by atoms with Crippen molar-refractivity contribution in [3.63, 3.8) is 0 Å². The molecule has 0 saturated heterocycles. The third kappa shape index (κ3) is 2.96. The van der Waals surface area contributed by atoms with Gasteiger partial charge in [0.25, 0.3) is 0 Å². The Morgan fingerprint density at radius 3 is 2.35 bits per heavy atom. The highest BCUT2D eigenvalue weighted by Crippen LogP contribution is 2.37. The Kier molecular flexibility index (Phi) is 4.36. The molecule has 1 heterocycles. The van der Waals surface area contributed by atoms with E-state index in [1.54, 1.807) is 23.5 Å². The van der Waals surface area contributed by atoms with Crippen LogP contribution in [0.4, 0.5) is 4.39 Å². The predicted octanol–water partition coefficient (Wildman–Crippen LogP) is 4.72. The average molecular weight is 379 g/mol. The van der Waals surface area contributed by atoms with E-state index in [-0.39, 0.29) is 11.9 Å². The second-order valence-electron chi connectivity index (χ2n) is 3.54. The van der Waals surface area contributed by atoms with Crippen molar-refractivity contribution in [1.82, 2.24) is 5.32 Å². The zero-order valence-corrected chi connectivity index (χ0v) is 13.0. The topological polar surface area (TPSA) is 12.0 Å². The van der Waals surface area contributed by atoms with Crippen LogP contribution in [0.1, 0.15) is 16.5 Å². The quantitative estimate of drug-likeness (QED) is 0.814. The summed E-state index contributed by atoms with van der Waals surface area (Å²) in [6.45, 7) is 0. The SMILES string of the molecule is CNC(c1ccc(F)cc1)c1cc(Br)c(Br)s1. The van der Waals surface area contributed by atoms with Gasteiger partial charge in [0.2, 0.25) is 0 Å². The fourth-order valence-electron chi connectivity index (χ4n) is 1.63. The molecule has 2 aromatic rings. The molecule has 0 aliphatic heterocycles. The van der Waals surface area contributed by atoms with Gasteiger partial charge in [0, 0.05) is 9.35 Å². The Morgan fingerprint density at radius 1 is 1.24 bits per heavy atom. The Bertz CT molecular complexity index is 490. The Hall–Kier alpha value is -0.230. The average Bonchev–Trinajstić information content (AvgIpc) is 2.63. The van der Waals surface area contributed by atoms with Crippen LogP contribution < -0.4 is 5.32 Å². The maximum absolute atomic E-state index is 12.9. The lowest BCUT2D eigenvalue weighted by Crippen LogP contribution is -2.16. The molecule has 1 aromatic carbocycles. The number of nitrogens with one attached hydrogen (secondary N) is 1. The molecule has 1 N–H and O–H groups in total. The van der Waals surface area contributed by atoms with E-state index in [0.29, 0.717) is 0 Å². The van der Waals surface area contributed by atoms with E-state index in [0.717, 1.165) is 13.8 Å². The second kappa shape index (κ2) is 5.61. The van der Waals surface area contributed by atoms with Gasteiger partial charge in [0.15, 0.2) is 0 Å². The summed E-state index contributed by atoms with van der Waals surface area (Å²) < 4.78 is 15.0. The smallest absolute Gasteiger partial charge is 0.123 e. The lowest BCUT2D eigenvalue weighted by atomic mass is 10.1. The molecule has 1 unspecified atom stereocenters. The number of hydrogen-bond acceptors (Lipinski definition) is 2. The van der Waals surface area contributed by atoms with Crippen molar-refractivity contribution in [1.29, 1.82) is 0 Å². The maximum atomic E-state index is 12.9. The maximum Gasteiger partial charge on any atom is 0.123 e. The summed E-state index contributed by atoms with van der Waals surface area (Å²) in [6, 6.07) is 8.73. The van der Waals surface area contributed by atoms with Crippen molar-refractivity contribution < 1.29 is 4.39 Å². The molecule has 1 atom stereocenters. The minimum Gasteiger partial charge on any atom is -0.309 e. The molecular weight excluding hydrogens is 369 g/mol. The minimum atomic E-state index is -0.211. The number of halogens is 3. The molecule has 2 rings (SSSR count). The van der Waals surface area contributed by atoms with E-state index in [2.05, 4.69) is 43.2 Å². The molecule has 0 aliphatic carbocycles. The van der Waals surface area contributed by atoms with Crippen molar-refractivity contribution in [3.8, 4) is 0 Å². The van der Waals surface area contributed by atoms with Gasteiger partial charge in [-0.3, -0.25) is 0 Å². The molecule has 0 spiro atoms. The zero-order valence-electron chi connectivity index (χ0n) is 9.01. The number of thiophene rings is 1. The highest BCUT2D eigenvalue weighted by molar-refractivity contribution is 9.13. The predicted molar refractivity (Wildman–Crippen MR) is 77.0 cm³/mol. The van der Waals surface area contributed by atoms with E-state index >= 15 is 0 Å². The highest BCUT2D eigenvalue weighted by Gasteiger charge is 2.16. The van der Waals surface area contributed by atoms with Gasteiger partial charge in [-0.25, -0.2) is 4.39 Å². The fourth-order valence-corrected chi connectivity index (χ4v) is 3.86. The van der Waals surface area contributed by atoms with Crippen LogP contribution in [-0.4, -0.2) is 7.05 Å². The molecular formula is C12H10Br2FNS. The van der Waals surface area contributed by atoms with Gasteiger partial charge >= 0.3 is 0 Å². The molecule has 1 aromatic heterocycles. The molecule has 0 fully saturated rings. The molecule has 0 saturated carbocycles. The van der Waals surface area contributed by atoms with Crippen molar-refractivity contribution >= 4 is 43.2 Å². The van der Waals surface area contributed by atoms with Crippen LogP contribution in [0.15, 0.2) is 38.6 Å². The van der Waals surface area contributed by atoms with Crippen LogP contribution in [-0.2, 0) is 0 Å². The van der Waals surface area contributed by atoms with Crippen LogP contribution in [0.3, 0.4) is 0 Å². The Labute approximate surface area is 120 Å². The normalized spacial score (nSPS) is 12.7. The van der Waals surface area contributed by atoms with Gasteiger partial charge in [0.1, 0.15) is 5.82 Å². The summed E-state index contributed by atoms with van der Waals surface area (Å²) in [5.41, 5.74) is 1.05. The van der Waals surface area contributed by atoms with Gasteiger partial charge in [-0.05, 0) is 62.7 Å². The zero-order chi connectivity index (χ0) is 12.4. The molecule has 0 aliphatic rings. The lowest BCUT2D eigenvalue weighted by Gasteiger charge is -2.14. The Balaban J connectivity index is 2.36. The molecule has 17 heavy (non-hydrogen) atoms. The summed E-state index contributed by atoms with van der Waals surface area (Å²) in [4.78, 5) is 1.18. The van der Waals surface area contributed by atoms with E-state index in [4.69, 9.17) is 0 Å². The van der Waals surface area contributed by atoms with E-state index < -0.39 is 0 Å². The largest absolute Gasteiger partial charge is 0.309 e. The van der Waals surface area contributed by atoms with Crippen molar-refractivity contribution in [2.24, 2.45) is 0 Å². The summed E-state index contributed by atoms with van der Waals surface area (Å²) in [7, 11) is 1.90. The monoisotopic (exact) mass is 377 g/mol. The lowest BCUT2D eigenvalue weighted by molar-refractivity contribution is 0.624. The van der Waals surface area contributed by atoms with E-state index in [1.165, 1.54) is 17.0 Å². The number of hydrogen-bond donors (Lipinski definition) is 1. The summed E-state index contributed by atoms with van der Waals surface area (Å²) in [6.07, 6.45) is 0. The van der Waals surface area contributed by atoms with Crippen LogP contribution in [0.2, 0.25) is 0 Å². The third-order valence-corrected chi connectivity index (χ3v) is 5.76. The summed E-state index contributed by atoms with van der Waals surface area (Å²) in [5, 5.41) is 3.24. The van der Waals surface area contributed by atoms with E-state index in [9.17, 15) is 4.39 Å². The van der Waals surface area contributed by atoms with Crippen molar-refractivity contribution in [2.45, 2.75) is 6.04 Å². The van der Waals surface area contributed by atoms with E-state index in [1.807, 2.05) is 7.05 Å². The van der Waals surface area contributed by atoms with Gasteiger partial charge in [-0.1, -0.05) is 12.1 Å². The summed E-state index contributed by atoms with van der Waals surface area (Å²) >= 11 is 8.61. The highest BCUT2D eigenvalue weighted by atomic mass is 79.9. The molecule has 5 heteroatoms.